The van der Waals surface area contributed by atoms with Crippen LogP contribution in [0, 0.1) is 0 Å². The molecule has 2 atom stereocenters. The summed E-state index contributed by atoms with van der Waals surface area (Å²) in [7, 11) is 0. The Morgan fingerprint density at radius 3 is 2.32 bits per heavy atom. The Labute approximate surface area is 173 Å². The molecule has 4 rings (SSSR count). The van der Waals surface area contributed by atoms with Gasteiger partial charge in [-0.25, -0.2) is 4.79 Å². The lowest BCUT2D eigenvalue weighted by atomic mass is 9.91. The second-order valence-corrected chi connectivity index (χ2v) is 7.14. The van der Waals surface area contributed by atoms with Crippen molar-refractivity contribution in [3.05, 3.63) is 57.2 Å². The molecule has 1 aliphatic heterocycles. The number of aromatic hydroxyl groups is 5. The van der Waals surface area contributed by atoms with Crippen molar-refractivity contribution in [1.82, 2.24) is 0 Å². The summed E-state index contributed by atoms with van der Waals surface area (Å²) >= 11 is 0. The molecule has 0 spiro atoms. The van der Waals surface area contributed by atoms with Gasteiger partial charge in [0.1, 0.15) is 17.2 Å². The first kappa shape index (κ1) is 20.1. The van der Waals surface area contributed by atoms with Crippen LogP contribution in [-0.4, -0.2) is 47.8 Å². The van der Waals surface area contributed by atoms with E-state index in [1.54, 1.807) is 0 Å². The average Bonchev–Trinajstić information content (AvgIpc) is 2.82. The molecule has 0 aromatic heterocycles. The van der Waals surface area contributed by atoms with E-state index >= 15 is 0 Å². The highest BCUT2D eigenvalue weighted by molar-refractivity contribution is 5.98. The number of aromatic carboxylic acids is 1. The zero-order chi connectivity index (χ0) is 22.6. The molecule has 0 saturated carbocycles. The summed E-state index contributed by atoms with van der Waals surface area (Å²) in [6, 6.07) is 4.97. The van der Waals surface area contributed by atoms with Gasteiger partial charge in [-0.2, -0.15) is 0 Å². The fourth-order valence-electron chi connectivity index (χ4n) is 3.70. The largest absolute Gasteiger partial charge is 0.508 e. The van der Waals surface area contributed by atoms with Gasteiger partial charge in [0.15, 0.2) is 23.4 Å². The van der Waals surface area contributed by atoms with E-state index in [1.165, 1.54) is 6.07 Å². The Balaban J connectivity index is 2.04. The molecule has 1 heterocycles. The molecule has 1 aliphatic rings. The van der Waals surface area contributed by atoms with E-state index in [0.29, 0.717) is 6.07 Å². The number of carboxylic acids is 1. The number of rotatable bonds is 2. The van der Waals surface area contributed by atoms with Gasteiger partial charge in [-0.1, -0.05) is 0 Å². The van der Waals surface area contributed by atoms with Crippen LogP contribution in [0.2, 0.25) is 0 Å². The van der Waals surface area contributed by atoms with E-state index in [2.05, 4.69) is 0 Å². The smallest absolute Gasteiger partial charge is 0.335 e. The van der Waals surface area contributed by atoms with Crippen molar-refractivity contribution >= 4 is 16.7 Å². The Morgan fingerprint density at radius 2 is 1.65 bits per heavy atom. The normalized spacial score (nSPS) is 17.7. The molecule has 3 aromatic rings. The predicted molar refractivity (Wildman–Crippen MR) is 105 cm³/mol. The lowest BCUT2D eigenvalue weighted by Gasteiger charge is -2.32. The van der Waals surface area contributed by atoms with Crippen LogP contribution in [0.1, 0.15) is 27.6 Å². The molecule has 0 aliphatic carbocycles. The number of benzene rings is 2. The van der Waals surface area contributed by atoms with Gasteiger partial charge in [0.05, 0.1) is 17.1 Å². The summed E-state index contributed by atoms with van der Waals surface area (Å²) in [5.74, 6) is -4.68. The third-order valence-electron chi connectivity index (χ3n) is 5.14. The zero-order valence-electron chi connectivity index (χ0n) is 15.6. The summed E-state index contributed by atoms with van der Waals surface area (Å²) in [6.07, 6.45) is -2.74. The Kier molecular flexibility index (Phi) is 4.51. The van der Waals surface area contributed by atoms with Crippen LogP contribution < -0.4 is 10.2 Å². The fourth-order valence-corrected chi connectivity index (χ4v) is 3.70. The molecular weight excluding hydrogens is 412 g/mol. The molecule has 0 saturated heterocycles. The number of aliphatic hydroxyl groups is 1. The molecule has 2 unspecified atom stereocenters. The molecular formula is C21H16O10. The number of carbonyl (C=O) groups is 1. The van der Waals surface area contributed by atoms with E-state index in [4.69, 9.17) is 4.74 Å². The first-order chi connectivity index (χ1) is 14.6. The Hall–Kier alpha value is -4.18. The third kappa shape index (κ3) is 3.19. The predicted octanol–water partition coefficient (Wildman–Crippen LogP) is 1.46. The molecule has 7 N–H and O–H groups in total. The number of phenolic OH excluding ortho intramolecular Hbond substituents is 4. The topological polar surface area (TPSA) is 185 Å². The van der Waals surface area contributed by atoms with Crippen LogP contribution in [0.15, 0.2) is 35.1 Å². The van der Waals surface area contributed by atoms with Gasteiger partial charge in [-0.05, 0) is 23.6 Å². The molecule has 0 radical (unpaired) electrons. The SMILES string of the molecule is O=C(O)c1cc(O)c(=O)c2c(O)c(O)cc(C3Oc4cc(O)cc(O)c4CC3O)c2c1. The second-order valence-electron chi connectivity index (χ2n) is 7.14. The van der Waals surface area contributed by atoms with E-state index in [0.717, 1.165) is 18.2 Å². The number of hydrogen-bond donors (Lipinski definition) is 7. The highest BCUT2D eigenvalue weighted by Crippen LogP contribution is 2.45. The van der Waals surface area contributed by atoms with Gasteiger partial charge in [0, 0.05) is 29.7 Å². The molecule has 10 nitrogen and oxygen atoms in total. The van der Waals surface area contributed by atoms with Gasteiger partial charge in [-0.15, -0.1) is 0 Å². The van der Waals surface area contributed by atoms with Crippen LogP contribution in [0.4, 0.5) is 0 Å². The number of aliphatic hydroxyl groups excluding tert-OH is 1. The van der Waals surface area contributed by atoms with Gasteiger partial charge < -0.3 is 40.5 Å². The number of fused-ring (bicyclic) bond motifs is 2. The molecule has 31 heavy (non-hydrogen) atoms. The summed E-state index contributed by atoms with van der Waals surface area (Å²) in [4.78, 5) is 24.1. The van der Waals surface area contributed by atoms with E-state index in [1.807, 2.05) is 0 Å². The number of phenols is 4. The van der Waals surface area contributed by atoms with Crippen molar-refractivity contribution in [2.75, 3.05) is 0 Å². The monoisotopic (exact) mass is 428 g/mol. The van der Waals surface area contributed by atoms with Gasteiger partial charge in [0.2, 0.25) is 5.43 Å². The zero-order valence-corrected chi connectivity index (χ0v) is 15.6. The lowest BCUT2D eigenvalue weighted by molar-refractivity contribution is 0.0205. The molecule has 160 valence electrons. The maximum absolute atomic E-state index is 12.6. The first-order valence-corrected chi connectivity index (χ1v) is 8.97. The van der Waals surface area contributed by atoms with Crippen LogP contribution >= 0.6 is 0 Å². The highest BCUT2D eigenvalue weighted by Gasteiger charge is 2.34. The van der Waals surface area contributed by atoms with Gasteiger partial charge in [0.25, 0.3) is 0 Å². The van der Waals surface area contributed by atoms with Crippen molar-refractivity contribution in [1.29, 1.82) is 0 Å². The van der Waals surface area contributed by atoms with Crippen molar-refractivity contribution in [2.45, 2.75) is 18.6 Å². The van der Waals surface area contributed by atoms with Gasteiger partial charge in [-0.3, -0.25) is 4.79 Å². The molecule has 0 fully saturated rings. The van der Waals surface area contributed by atoms with Crippen molar-refractivity contribution in [2.24, 2.45) is 0 Å². The lowest BCUT2D eigenvalue weighted by Crippen LogP contribution is -2.30. The minimum absolute atomic E-state index is 0.0254. The maximum atomic E-state index is 12.6. The highest BCUT2D eigenvalue weighted by atomic mass is 16.5. The van der Waals surface area contributed by atoms with Crippen molar-refractivity contribution in [3.63, 3.8) is 0 Å². The number of hydrogen-bond acceptors (Lipinski definition) is 9. The molecule has 3 aromatic carbocycles. The van der Waals surface area contributed by atoms with E-state index in [-0.39, 0.29) is 40.2 Å². The van der Waals surface area contributed by atoms with Crippen LogP contribution in [0.25, 0.3) is 10.8 Å². The van der Waals surface area contributed by atoms with Crippen molar-refractivity contribution in [3.8, 4) is 34.5 Å². The molecule has 10 heteroatoms. The quantitative estimate of drug-likeness (QED) is 0.295. The average molecular weight is 428 g/mol. The van der Waals surface area contributed by atoms with Crippen LogP contribution in [-0.2, 0) is 6.42 Å². The second kappa shape index (κ2) is 6.96. The molecule has 0 amide bonds. The Bertz CT molecular complexity index is 1310. The minimum atomic E-state index is -1.48. The standard InChI is InChI=1S/C21H16O10/c22-8-3-12(23)11-6-15(26)20(31-16(11)4-8)10-5-14(25)19(28)17-9(10)1-7(21(29)30)2-13(24)18(17)27/h1-5,15,20,22-23,25-26,28H,6H2,(H,24,27)(H,29,30). The summed E-state index contributed by atoms with van der Waals surface area (Å²) in [5, 5.41) is 69.4. The summed E-state index contributed by atoms with van der Waals surface area (Å²) in [5.41, 5.74) is -1.47. The first-order valence-electron chi connectivity index (χ1n) is 8.97. The number of carboxylic acid groups (broad SMARTS) is 1. The van der Waals surface area contributed by atoms with Crippen LogP contribution in [0.5, 0.6) is 34.5 Å². The third-order valence-corrected chi connectivity index (χ3v) is 5.14. The fraction of sp³-hybridized carbons (Fsp3) is 0.143. The van der Waals surface area contributed by atoms with E-state index in [9.17, 15) is 45.3 Å². The summed E-state index contributed by atoms with van der Waals surface area (Å²) in [6.45, 7) is 0. The molecule has 0 bridgehead atoms. The summed E-state index contributed by atoms with van der Waals surface area (Å²) < 4.78 is 5.72. The maximum Gasteiger partial charge on any atom is 0.335 e. The Morgan fingerprint density at radius 1 is 0.935 bits per heavy atom. The van der Waals surface area contributed by atoms with Crippen LogP contribution in [0.3, 0.4) is 0 Å². The van der Waals surface area contributed by atoms with Crippen molar-refractivity contribution < 1.29 is 45.3 Å². The number of ether oxygens (including phenoxy) is 1. The minimum Gasteiger partial charge on any atom is -0.508 e. The van der Waals surface area contributed by atoms with E-state index < -0.39 is 51.8 Å². The van der Waals surface area contributed by atoms with Gasteiger partial charge >= 0.3 is 5.97 Å².